The van der Waals surface area contributed by atoms with Crippen LogP contribution in [0.3, 0.4) is 0 Å². The Labute approximate surface area is 125 Å². The van der Waals surface area contributed by atoms with Gasteiger partial charge in [0.1, 0.15) is 14.5 Å². The van der Waals surface area contributed by atoms with Crippen LogP contribution in [0.4, 0.5) is 0 Å². The Morgan fingerprint density at radius 2 is 1.40 bits per heavy atom. The molecule has 0 saturated carbocycles. The zero-order chi connectivity index (χ0) is 13.4. The number of hydrogen-bond donors (Lipinski definition) is 0. The minimum atomic E-state index is 1.10. The summed E-state index contributed by atoms with van der Waals surface area (Å²) >= 11 is 3.55. The van der Waals surface area contributed by atoms with E-state index in [2.05, 4.69) is 53.9 Å². The molecule has 20 heavy (non-hydrogen) atoms. The van der Waals surface area contributed by atoms with E-state index in [9.17, 15) is 0 Å². The van der Waals surface area contributed by atoms with E-state index < -0.39 is 0 Å². The van der Waals surface area contributed by atoms with Crippen LogP contribution in [0.15, 0.2) is 66.0 Å². The average Bonchev–Trinajstić information content (AvgIpc) is 3.09. The number of thiophene rings is 1. The minimum absolute atomic E-state index is 1.10. The molecule has 0 atom stereocenters. The van der Waals surface area contributed by atoms with Gasteiger partial charge in [0.25, 0.3) is 0 Å². The lowest BCUT2D eigenvalue weighted by molar-refractivity contribution is 1.48. The van der Waals surface area contributed by atoms with Gasteiger partial charge >= 0.3 is 0 Å². The lowest BCUT2D eigenvalue weighted by atomic mass is 10.1. The number of benzene rings is 2. The fourth-order valence-corrected chi connectivity index (χ4v) is 4.38. The van der Waals surface area contributed by atoms with Crippen molar-refractivity contribution in [1.82, 2.24) is 4.98 Å². The van der Waals surface area contributed by atoms with Gasteiger partial charge in [-0.2, -0.15) is 0 Å². The molecule has 0 saturated heterocycles. The zero-order valence-corrected chi connectivity index (χ0v) is 12.2. The third-order valence-electron chi connectivity index (χ3n) is 3.24. The van der Waals surface area contributed by atoms with Crippen LogP contribution < -0.4 is 0 Å². The standard InChI is InChI=1S/C17H11NS2/c1-3-7-12(8-4-1)14-11-19-17-15(14)18-16(20-17)13-9-5-2-6-10-13/h1-11H. The summed E-state index contributed by atoms with van der Waals surface area (Å²) in [6.45, 7) is 0. The third kappa shape index (κ3) is 1.96. The minimum Gasteiger partial charge on any atom is -0.234 e. The van der Waals surface area contributed by atoms with Gasteiger partial charge in [0, 0.05) is 16.5 Å². The predicted molar refractivity (Wildman–Crippen MR) is 88.4 cm³/mol. The fourth-order valence-electron chi connectivity index (χ4n) is 2.25. The summed E-state index contributed by atoms with van der Waals surface area (Å²) in [4.78, 5) is 4.85. The van der Waals surface area contributed by atoms with Crippen LogP contribution in [0, 0.1) is 0 Å². The molecule has 4 rings (SSSR count). The first-order valence-corrected chi connectivity index (χ1v) is 8.10. The topological polar surface area (TPSA) is 12.9 Å². The number of fused-ring (bicyclic) bond motifs is 1. The lowest BCUT2D eigenvalue weighted by Crippen LogP contribution is -1.77. The van der Waals surface area contributed by atoms with Crippen LogP contribution in [0.25, 0.3) is 31.2 Å². The van der Waals surface area contributed by atoms with E-state index >= 15 is 0 Å². The van der Waals surface area contributed by atoms with Crippen LogP contribution in [0.1, 0.15) is 0 Å². The first kappa shape index (κ1) is 11.8. The van der Waals surface area contributed by atoms with Crippen molar-refractivity contribution in [2.75, 3.05) is 0 Å². The smallest absolute Gasteiger partial charge is 0.125 e. The Bertz CT molecular complexity index is 844. The van der Waals surface area contributed by atoms with Crippen molar-refractivity contribution < 1.29 is 0 Å². The molecule has 0 aliphatic carbocycles. The maximum Gasteiger partial charge on any atom is 0.125 e. The number of hydrogen-bond acceptors (Lipinski definition) is 3. The Hall–Kier alpha value is -1.97. The molecule has 2 aromatic heterocycles. The van der Waals surface area contributed by atoms with Gasteiger partial charge < -0.3 is 0 Å². The number of aromatic nitrogens is 1. The summed E-state index contributed by atoms with van der Waals surface area (Å²) < 4.78 is 1.29. The molecule has 96 valence electrons. The third-order valence-corrected chi connectivity index (χ3v) is 5.44. The molecule has 0 aliphatic heterocycles. The molecule has 0 N–H and O–H groups in total. The Morgan fingerprint density at radius 1 is 0.750 bits per heavy atom. The number of nitrogens with zero attached hydrogens (tertiary/aromatic N) is 1. The largest absolute Gasteiger partial charge is 0.234 e. The van der Waals surface area contributed by atoms with Crippen molar-refractivity contribution >= 4 is 32.2 Å². The van der Waals surface area contributed by atoms with Gasteiger partial charge in [-0.15, -0.1) is 22.7 Å². The summed E-state index contributed by atoms with van der Waals surface area (Å²) in [5, 5.41) is 3.31. The van der Waals surface area contributed by atoms with Gasteiger partial charge in [-0.1, -0.05) is 60.7 Å². The van der Waals surface area contributed by atoms with Crippen molar-refractivity contribution in [3.05, 3.63) is 66.0 Å². The van der Waals surface area contributed by atoms with Crippen molar-refractivity contribution in [2.45, 2.75) is 0 Å². The molecule has 4 aromatic rings. The number of rotatable bonds is 2. The quantitative estimate of drug-likeness (QED) is 0.462. The highest BCUT2D eigenvalue weighted by Gasteiger charge is 2.12. The van der Waals surface area contributed by atoms with E-state index in [0.717, 1.165) is 10.5 Å². The Kier molecular flexibility index (Phi) is 2.87. The molecule has 0 aliphatic rings. The summed E-state index contributed by atoms with van der Waals surface area (Å²) in [7, 11) is 0. The number of thiazole rings is 1. The van der Waals surface area contributed by atoms with Gasteiger partial charge in [0.15, 0.2) is 0 Å². The summed E-state index contributed by atoms with van der Waals surface area (Å²) in [5.41, 5.74) is 4.80. The highest BCUT2D eigenvalue weighted by atomic mass is 32.2. The van der Waals surface area contributed by atoms with Crippen LogP contribution in [-0.2, 0) is 0 Å². The molecule has 0 radical (unpaired) electrons. The van der Waals surface area contributed by atoms with Crippen molar-refractivity contribution in [3.8, 4) is 21.7 Å². The second kappa shape index (κ2) is 4.85. The van der Waals surface area contributed by atoms with E-state index in [0.29, 0.717) is 0 Å². The molecular weight excluding hydrogens is 282 g/mol. The summed E-state index contributed by atoms with van der Waals surface area (Å²) in [6, 6.07) is 20.9. The molecule has 2 aromatic carbocycles. The highest BCUT2D eigenvalue weighted by molar-refractivity contribution is 7.39. The Morgan fingerprint density at radius 3 is 2.10 bits per heavy atom. The van der Waals surface area contributed by atoms with Gasteiger partial charge in [-0.3, -0.25) is 0 Å². The lowest BCUT2D eigenvalue weighted by Gasteiger charge is -1.97. The monoisotopic (exact) mass is 293 g/mol. The molecule has 0 fully saturated rings. The van der Waals surface area contributed by atoms with Crippen LogP contribution in [0.2, 0.25) is 0 Å². The van der Waals surface area contributed by atoms with Gasteiger partial charge in [-0.05, 0) is 5.56 Å². The average molecular weight is 293 g/mol. The molecular formula is C17H11NS2. The SMILES string of the molecule is c1ccc(-c2nc3c(-c4ccccc4)csc3s2)cc1. The van der Waals surface area contributed by atoms with Crippen LogP contribution in [-0.4, -0.2) is 4.98 Å². The van der Waals surface area contributed by atoms with E-state index in [1.54, 1.807) is 22.7 Å². The molecule has 1 nitrogen and oxygen atoms in total. The van der Waals surface area contributed by atoms with Crippen molar-refractivity contribution in [1.29, 1.82) is 0 Å². The normalized spacial score (nSPS) is 11.0. The van der Waals surface area contributed by atoms with Crippen molar-refractivity contribution in [2.24, 2.45) is 0 Å². The van der Waals surface area contributed by atoms with Crippen molar-refractivity contribution in [3.63, 3.8) is 0 Å². The molecule has 2 heterocycles. The Balaban J connectivity index is 1.88. The molecule has 0 spiro atoms. The fraction of sp³-hybridized carbons (Fsp3) is 0. The van der Waals surface area contributed by atoms with Crippen LogP contribution >= 0.6 is 22.7 Å². The van der Waals surface area contributed by atoms with Gasteiger partial charge in [-0.25, -0.2) is 4.98 Å². The van der Waals surface area contributed by atoms with E-state index in [1.807, 2.05) is 12.1 Å². The second-order valence-corrected chi connectivity index (χ2v) is 6.67. The van der Waals surface area contributed by atoms with E-state index in [-0.39, 0.29) is 0 Å². The first-order chi connectivity index (χ1) is 9.92. The van der Waals surface area contributed by atoms with E-state index in [4.69, 9.17) is 4.98 Å². The summed E-state index contributed by atoms with van der Waals surface area (Å²) in [6.07, 6.45) is 0. The van der Waals surface area contributed by atoms with E-state index in [1.165, 1.54) is 20.7 Å². The van der Waals surface area contributed by atoms with Gasteiger partial charge in [0.2, 0.25) is 0 Å². The molecule has 0 unspecified atom stereocenters. The molecule has 0 amide bonds. The molecule has 3 heteroatoms. The maximum absolute atomic E-state index is 4.85. The second-order valence-electron chi connectivity index (χ2n) is 4.54. The van der Waals surface area contributed by atoms with Gasteiger partial charge in [0.05, 0.1) is 0 Å². The zero-order valence-electron chi connectivity index (χ0n) is 10.6. The maximum atomic E-state index is 4.85. The van der Waals surface area contributed by atoms with Crippen LogP contribution in [0.5, 0.6) is 0 Å². The summed E-state index contributed by atoms with van der Waals surface area (Å²) in [5.74, 6) is 0. The predicted octanol–water partition coefficient (Wildman–Crippen LogP) is 5.69. The highest BCUT2D eigenvalue weighted by Crippen LogP contribution is 2.39. The molecule has 0 bridgehead atoms. The first-order valence-electron chi connectivity index (χ1n) is 6.41.